The normalized spacial score (nSPS) is 21.8. The molecule has 0 fully saturated rings. The molecule has 1 heterocycles. The largest absolute Gasteiger partial charge is 0.402 e. The van der Waals surface area contributed by atoms with Gasteiger partial charge in [0.1, 0.15) is 0 Å². The maximum Gasteiger partial charge on any atom is 0.0376 e. The number of hydrogen-bond donors (Lipinski definition) is 1. The van der Waals surface area contributed by atoms with Crippen LogP contribution in [0.3, 0.4) is 0 Å². The summed E-state index contributed by atoms with van der Waals surface area (Å²) in [7, 11) is 3.92. The van der Waals surface area contributed by atoms with E-state index in [0.29, 0.717) is 0 Å². The molecule has 1 aliphatic rings. The van der Waals surface area contributed by atoms with Crippen molar-refractivity contribution >= 4 is 5.71 Å². The van der Waals surface area contributed by atoms with Gasteiger partial charge in [-0.25, -0.2) is 0 Å². The highest BCUT2D eigenvalue weighted by atomic mass is 15.1. The molecule has 2 N–H and O–H groups in total. The molecular weight excluding hydrogens is 150 g/mol. The molecule has 0 spiro atoms. The van der Waals surface area contributed by atoms with Crippen molar-refractivity contribution in [3.05, 3.63) is 11.3 Å². The minimum absolute atomic E-state index is 0.939. The molecule has 0 atom stereocenters. The molecule has 1 rings (SSSR count). The van der Waals surface area contributed by atoms with E-state index in [1.807, 2.05) is 14.0 Å². The Morgan fingerprint density at radius 3 is 2.83 bits per heavy atom. The van der Waals surface area contributed by atoms with Gasteiger partial charge in [0, 0.05) is 43.5 Å². The fourth-order valence-corrected chi connectivity index (χ4v) is 1.39. The van der Waals surface area contributed by atoms with Crippen molar-refractivity contribution < 1.29 is 0 Å². The zero-order valence-electron chi connectivity index (χ0n) is 8.09. The molecule has 0 aromatic heterocycles. The number of likely N-dealkylation sites (N-methyl/N-ethyl adjacent to an activating group) is 1. The van der Waals surface area contributed by atoms with Crippen molar-refractivity contribution in [3.8, 4) is 0 Å². The van der Waals surface area contributed by atoms with Crippen molar-refractivity contribution in [1.82, 2.24) is 4.90 Å². The van der Waals surface area contributed by atoms with Gasteiger partial charge < -0.3 is 10.6 Å². The SMILES string of the molecule is CN=C(C)C1=C(N)CCN(C)C1. The highest BCUT2D eigenvalue weighted by Crippen LogP contribution is 2.13. The lowest BCUT2D eigenvalue weighted by Gasteiger charge is -2.25. The van der Waals surface area contributed by atoms with Gasteiger partial charge in [-0.15, -0.1) is 0 Å². The maximum atomic E-state index is 5.89. The first-order valence-corrected chi connectivity index (χ1v) is 4.25. The van der Waals surface area contributed by atoms with E-state index in [0.717, 1.165) is 30.9 Å². The molecule has 3 heteroatoms. The number of nitrogens with two attached hydrogens (primary N) is 1. The molecule has 68 valence electrons. The molecule has 3 nitrogen and oxygen atoms in total. The smallest absolute Gasteiger partial charge is 0.0376 e. The average Bonchev–Trinajstić information content (AvgIpc) is 2.08. The summed E-state index contributed by atoms with van der Waals surface area (Å²) >= 11 is 0. The summed E-state index contributed by atoms with van der Waals surface area (Å²) in [5.74, 6) is 0. The van der Waals surface area contributed by atoms with Crippen molar-refractivity contribution in [2.24, 2.45) is 10.7 Å². The molecule has 0 amide bonds. The minimum atomic E-state index is 0.939. The first-order valence-electron chi connectivity index (χ1n) is 4.25. The molecule has 0 aliphatic carbocycles. The van der Waals surface area contributed by atoms with Crippen LogP contribution in [0.4, 0.5) is 0 Å². The molecular formula is C9H17N3. The van der Waals surface area contributed by atoms with Gasteiger partial charge in [-0.1, -0.05) is 0 Å². The van der Waals surface area contributed by atoms with E-state index in [1.54, 1.807) is 0 Å². The van der Waals surface area contributed by atoms with Crippen LogP contribution in [0, 0.1) is 0 Å². The minimum Gasteiger partial charge on any atom is -0.402 e. The molecule has 0 aromatic rings. The maximum absolute atomic E-state index is 5.89. The number of aliphatic imine (C=N–C) groups is 1. The van der Waals surface area contributed by atoms with Crippen LogP contribution in [0.2, 0.25) is 0 Å². The Bertz CT molecular complexity index is 228. The van der Waals surface area contributed by atoms with Crippen LogP contribution in [0.25, 0.3) is 0 Å². The van der Waals surface area contributed by atoms with E-state index < -0.39 is 0 Å². The van der Waals surface area contributed by atoms with E-state index in [-0.39, 0.29) is 0 Å². The summed E-state index contributed by atoms with van der Waals surface area (Å²) in [5.41, 5.74) is 9.18. The van der Waals surface area contributed by atoms with Gasteiger partial charge in [-0.05, 0) is 14.0 Å². The van der Waals surface area contributed by atoms with E-state index in [2.05, 4.69) is 16.9 Å². The van der Waals surface area contributed by atoms with Crippen LogP contribution in [0.5, 0.6) is 0 Å². The van der Waals surface area contributed by atoms with Crippen LogP contribution in [-0.2, 0) is 0 Å². The Morgan fingerprint density at radius 2 is 2.25 bits per heavy atom. The van der Waals surface area contributed by atoms with Crippen molar-refractivity contribution in [1.29, 1.82) is 0 Å². The topological polar surface area (TPSA) is 41.6 Å². The summed E-state index contributed by atoms with van der Waals surface area (Å²) < 4.78 is 0. The lowest BCUT2D eigenvalue weighted by Crippen LogP contribution is -2.32. The zero-order chi connectivity index (χ0) is 9.14. The second kappa shape index (κ2) is 3.72. The van der Waals surface area contributed by atoms with E-state index in [1.165, 1.54) is 5.57 Å². The number of hydrogen-bond acceptors (Lipinski definition) is 3. The summed E-state index contributed by atoms with van der Waals surface area (Å²) in [6.45, 7) is 4.02. The van der Waals surface area contributed by atoms with E-state index >= 15 is 0 Å². The van der Waals surface area contributed by atoms with Crippen LogP contribution < -0.4 is 5.73 Å². The molecule has 0 radical (unpaired) electrons. The van der Waals surface area contributed by atoms with Crippen LogP contribution in [-0.4, -0.2) is 37.8 Å². The first-order chi connectivity index (χ1) is 5.65. The van der Waals surface area contributed by atoms with Gasteiger partial charge in [-0.3, -0.25) is 4.99 Å². The average molecular weight is 167 g/mol. The Hall–Kier alpha value is -0.830. The fourth-order valence-electron chi connectivity index (χ4n) is 1.39. The van der Waals surface area contributed by atoms with Crippen molar-refractivity contribution in [2.75, 3.05) is 27.2 Å². The highest BCUT2D eigenvalue weighted by molar-refractivity contribution is 5.99. The molecule has 0 aromatic carbocycles. The summed E-state index contributed by atoms with van der Waals surface area (Å²) in [5, 5.41) is 0. The van der Waals surface area contributed by atoms with Crippen LogP contribution in [0.15, 0.2) is 16.3 Å². The fraction of sp³-hybridized carbons (Fsp3) is 0.667. The third-order valence-corrected chi connectivity index (χ3v) is 2.35. The van der Waals surface area contributed by atoms with Crippen molar-refractivity contribution in [2.45, 2.75) is 13.3 Å². The van der Waals surface area contributed by atoms with Crippen molar-refractivity contribution in [3.63, 3.8) is 0 Å². The van der Waals surface area contributed by atoms with Gasteiger partial charge in [0.2, 0.25) is 0 Å². The third-order valence-electron chi connectivity index (χ3n) is 2.35. The molecule has 1 aliphatic heterocycles. The van der Waals surface area contributed by atoms with Crippen LogP contribution >= 0.6 is 0 Å². The van der Waals surface area contributed by atoms with E-state index in [4.69, 9.17) is 5.73 Å². The molecule has 0 unspecified atom stereocenters. The second-order valence-corrected chi connectivity index (χ2v) is 3.30. The first kappa shape index (κ1) is 9.26. The van der Waals surface area contributed by atoms with E-state index in [9.17, 15) is 0 Å². The molecule has 0 bridgehead atoms. The molecule has 0 saturated heterocycles. The van der Waals surface area contributed by atoms with Gasteiger partial charge >= 0.3 is 0 Å². The lowest BCUT2D eigenvalue weighted by molar-refractivity contribution is 0.352. The van der Waals surface area contributed by atoms with Gasteiger partial charge in [-0.2, -0.15) is 0 Å². The Labute approximate surface area is 74.0 Å². The highest BCUT2D eigenvalue weighted by Gasteiger charge is 2.15. The molecule has 0 saturated carbocycles. The van der Waals surface area contributed by atoms with Gasteiger partial charge in [0.25, 0.3) is 0 Å². The summed E-state index contributed by atoms with van der Waals surface area (Å²) in [4.78, 5) is 6.41. The second-order valence-electron chi connectivity index (χ2n) is 3.30. The summed E-state index contributed by atoms with van der Waals surface area (Å²) in [6.07, 6.45) is 0.971. The Balaban J connectivity index is 2.85. The summed E-state index contributed by atoms with van der Waals surface area (Å²) in [6, 6.07) is 0. The Morgan fingerprint density at radius 1 is 1.58 bits per heavy atom. The van der Waals surface area contributed by atoms with Crippen LogP contribution in [0.1, 0.15) is 13.3 Å². The standard InChI is InChI=1S/C9H17N3/c1-7(11-2)8-6-12(3)5-4-9(8)10/h4-6,10H2,1-3H3. The van der Waals surface area contributed by atoms with Gasteiger partial charge in [0.05, 0.1) is 0 Å². The third kappa shape index (κ3) is 1.85. The molecule has 12 heavy (non-hydrogen) atoms. The quantitative estimate of drug-likeness (QED) is 0.582. The number of rotatable bonds is 1. The number of nitrogens with zero attached hydrogens (tertiary/aromatic N) is 2. The zero-order valence-corrected chi connectivity index (χ0v) is 8.09. The predicted octanol–water partition coefficient (Wildman–Crippen LogP) is 0.625. The lowest BCUT2D eigenvalue weighted by atomic mass is 10.0. The van der Waals surface area contributed by atoms with Gasteiger partial charge in [0.15, 0.2) is 0 Å². The monoisotopic (exact) mass is 167 g/mol. The predicted molar refractivity (Wildman–Crippen MR) is 52.4 cm³/mol. The Kier molecular flexibility index (Phi) is 2.87.